The minimum Gasteiger partial charge on any atom is -0.242 e. The second-order valence-electron chi connectivity index (χ2n) is 4.45. The van der Waals surface area contributed by atoms with Gasteiger partial charge in [0.05, 0.1) is 5.54 Å². The zero-order valence-corrected chi connectivity index (χ0v) is 8.45. The third-order valence-corrected chi connectivity index (χ3v) is 2.86. The Morgan fingerprint density at radius 3 is 1.73 bits per heavy atom. The number of rotatable bonds is 0. The maximum atomic E-state index is 3.56. The number of nitrogens with one attached hydrogen (secondary N) is 1. The fourth-order valence-electron chi connectivity index (χ4n) is 1.78. The average Bonchev–Trinajstić information content (AvgIpc) is 1.91. The first-order chi connectivity index (χ1) is 4.77. The van der Waals surface area contributed by atoms with E-state index in [0.29, 0.717) is 0 Å². The van der Waals surface area contributed by atoms with Crippen LogP contribution in [0.3, 0.4) is 0 Å². The Balaban J connectivity index is 3.09. The molecule has 0 aliphatic carbocycles. The van der Waals surface area contributed by atoms with E-state index in [-0.39, 0.29) is 11.2 Å². The lowest BCUT2D eigenvalue weighted by atomic mass is 10.0. The van der Waals surface area contributed by atoms with E-state index in [2.05, 4.69) is 51.6 Å². The van der Waals surface area contributed by atoms with Crippen molar-refractivity contribution in [2.75, 3.05) is 7.05 Å². The Morgan fingerprint density at radius 2 is 1.64 bits per heavy atom. The number of nitrogens with zero attached hydrogens (tertiary/aromatic N) is 1. The fraction of sp³-hybridized carbons (Fsp3) is 0.889. The molecule has 0 fully saturated rings. The zero-order valence-electron chi connectivity index (χ0n) is 8.45. The first-order valence-corrected chi connectivity index (χ1v) is 4.14. The summed E-state index contributed by atoms with van der Waals surface area (Å²) in [7, 11) is 2.14. The normalized spacial score (nSPS) is 27.8. The molecule has 0 spiro atoms. The van der Waals surface area contributed by atoms with Crippen LogP contribution in [-0.2, 0) is 0 Å². The van der Waals surface area contributed by atoms with E-state index in [1.54, 1.807) is 0 Å². The van der Waals surface area contributed by atoms with Crippen molar-refractivity contribution in [3.8, 4) is 0 Å². The van der Waals surface area contributed by atoms with Crippen LogP contribution in [0, 0.1) is 0 Å². The van der Waals surface area contributed by atoms with Gasteiger partial charge >= 0.3 is 0 Å². The summed E-state index contributed by atoms with van der Waals surface area (Å²) in [4.78, 5) is 0. The summed E-state index contributed by atoms with van der Waals surface area (Å²) >= 11 is 0. The van der Waals surface area contributed by atoms with Crippen LogP contribution in [-0.4, -0.2) is 28.5 Å². The van der Waals surface area contributed by atoms with E-state index in [1.165, 1.54) is 5.71 Å². The van der Waals surface area contributed by atoms with Gasteiger partial charge in [0.2, 0.25) is 5.66 Å². The predicted molar refractivity (Wildman–Crippen MR) is 48.2 cm³/mol. The van der Waals surface area contributed by atoms with Crippen molar-refractivity contribution in [1.29, 1.82) is 0 Å². The van der Waals surface area contributed by atoms with Crippen molar-refractivity contribution in [3.63, 3.8) is 0 Å². The highest BCUT2D eigenvalue weighted by Crippen LogP contribution is 2.20. The minimum absolute atomic E-state index is 0.105. The van der Waals surface area contributed by atoms with Crippen LogP contribution >= 0.6 is 0 Å². The molecule has 1 aliphatic rings. The molecule has 2 heteroatoms. The van der Waals surface area contributed by atoms with Gasteiger partial charge in [-0.15, -0.1) is 0 Å². The zero-order chi connectivity index (χ0) is 8.86. The van der Waals surface area contributed by atoms with Crippen LogP contribution in [0.5, 0.6) is 0 Å². The third-order valence-electron chi connectivity index (χ3n) is 2.86. The fourth-order valence-corrected chi connectivity index (χ4v) is 1.78. The van der Waals surface area contributed by atoms with Gasteiger partial charge in [0.25, 0.3) is 0 Å². The summed E-state index contributed by atoms with van der Waals surface area (Å²) in [5.41, 5.74) is 1.66. The molecule has 0 aromatic heterocycles. The smallest absolute Gasteiger partial charge is 0.211 e. The van der Waals surface area contributed by atoms with E-state index < -0.39 is 0 Å². The standard InChI is InChI=1S/C9H19N2/c1-7-8(2,3)10-9(4,5)11(7)6/h10H,1-6H3/q+1. The van der Waals surface area contributed by atoms with Crippen LogP contribution in [0.4, 0.5) is 0 Å². The summed E-state index contributed by atoms with van der Waals surface area (Å²) in [5, 5.41) is 3.56. The van der Waals surface area contributed by atoms with Gasteiger partial charge in [0, 0.05) is 20.8 Å². The lowest BCUT2D eigenvalue weighted by Gasteiger charge is -2.20. The Kier molecular flexibility index (Phi) is 1.64. The predicted octanol–water partition coefficient (Wildman–Crippen LogP) is 1.21. The maximum Gasteiger partial charge on any atom is 0.211 e. The molecule has 0 saturated heterocycles. The molecule has 0 unspecified atom stereocenters. The summed E-state index contributed by atoms with van der Waals surface area (Å²) < 4.78 is 2.30. The van der Waals surface area contributed by atoms with Gasteiger partial charge in [-0.2, -0.15) is 0 Å². The Morgan fingerprint density at radius 1 is 1.18 bits per heavy atom. The lowest BCUT2D eigenvalue weighted by Crippen LogP contribution is -2.49. The molecule has 1 rings (SSSR count). The molecule has 2 nitrogen and oxygen atoms in total. The first-order valence-electron chi connectivity index (χ1n) is 4.14. The van der Waals surface area contributed by atoms with Gasteiger partial charge in [-0.25, -0.2) is 9.89 Å². The number of hydrogen-bond acceptors (Lipinski definition) is 1. The van der Waals surface area contributed by atoms with Crippen LogP contribution in [0.15, 0.2) is 0 Å². The molecule has 0 aromatic carbocycles. The molecular weight excluding hydrogens is 136 g/mol. The van der Waals surface area contributed by atoms with E-state index in [4.69, 9.17) is 0 Å². The molecule has 11 heavy (non-hydrogen) atoms. The van der Waals surface area contributed by atoms with Crippen molar-refractivity contribution >= 4 is 5.71 Å². The summed E-state index contributed by atoms with van der Waals surface area (Å²) in [6, 6.07) is 0. The first kappa shape index (κ1) is 8.72. The molecule has 0 radical (unpaired) electrons. The van der Waals surface area contributed by atoms with Crippen molar-refractivity contribution in [2.45, 2.75) is 45.8 Å². The molecule has 1 heterocycles. The van der Waals surface area contributed by atoms with Gasteiger partial charge in [-0.3, -0.25) is 0 Å². The van der Waals surface area contributed by atoms with Gasteiger partial charge in [0.15, 0.2) is 5.71 Å². The van der Waals surface area contributed by atoms with Crippen LogP contribution in [0.2, 0.25) is 0 Å². The molecule has 1 N–H and O–H groups in total. The monoisotopic (exact) mass is 155 g/mol. The second-order valence-corrected chi connectivity index (χ2v) is 4.45. The highest BCUT2D eigenvalue weighted by molar-refractivity contribution is 5.87. The van der Waals surface area contributed by atoms with E-state index >= 15 is 0 Å². The Labute approximate surface area is 69.3 Å². The highest BCUT2D eigenvalue weighted by Gasteiger charge is 2.46. The van der Waals surface area contributed by atoms with E-state index in [0.717, 1.165) is 0 Å². The largest absolute Gasteiger partial charge is 0.242 e. The summed E-state index contributed by atoms with van der Waals surface area (Å²) in [5.74, 6) is 0. The molecule has 0 saturated carbocycles. The quantitative estimate of drug-likeness (QED) is 0.520. The Hall–Kier alpha value is -0.370. The van der Waals surface area contributed by atoms with Crippen molar-refractivity contribution in [3.05, 3.63) is 0 Å². The van der Waals surface area contributed by atoms with Gasteiger partial charge < -0.3 is 0 Å². The van der Waals surface area contributed by atoms with Crippen molar-refractivity contribution < 1.29 is 4.58 Å². The molecular formula is C9H19N2+. The minimum atomic E-state index is 0.105. The maximum absolute atomic E-state index is 3.56. The van der Waals surface area contributed by atoms with E-state index in [1.807, 2.05) is 0 Å². The topological polar surface area (TPSA) is 15.0 Å². The SMILES string of the molecule is CC1=[N+](C)C(C)(C)NC1(C)C. The van der Waals surface area contributed by atoms with Gasteiger partial charge in [-0.05, 0) is 13.8 Å². The van der Waals surface area contributed by atoms with Crippen LogP contribution in [0.1, 0.15) is 34.6 Å². The second kappa shape index (κ2) is 2.07. The molecule has 0 amide bonds. The Bertz CT molecular complexity index is 190. The molecule has 0 bridgehead atoms. The van der Waals surface area contributed by atoms with Crippen LogP contribution < -0.4 is 5.32 Å². The molecule has 0 atom stereocenters. The van der Waals surface area contributed by atoms with Crippen molar-refractivity contribution in [1.82, 2.24) is 5.32 Å². The highest BCUT2D eigenvalue weighted by atomic mass is 15.3. The molecule has 0 aromatic rings. The molecule has 64 valence electrons. The van der Waals surface area contributed by atoms with Gasteiger partial charge in [-0.1, -0.05) is 0 Å². The number of hydrogen-bond donors (Lipinski definition) is 1. The third kappa shape index (κ3) is 1.20. The van der Waals surface area contributed by atoms with Crippen LogP contribution in [0.25, 0.3) is 0 Å². The van der Waals surface area contributed by atoms with Crippen molar-refractivity contribution in [2.24, 2.45) is 0 Å². The summed E-state index contributed by atoms with van der Waals surface area (Å²) in [6.45, 7) is 11.0. The lowest BCUT2D eigenvalue weighted by molar-refractivity contribution is -0.572. The van der Waals surface area contributed by atoms with E-state index in [9.17, 15) is 0 Å². The average molecular weight is 155 g/mol. The molecule has 1 aliphatic heterocycles. The van der Waals surface area contributed by atoms with Gasteiger partial charge in [0.1, 0.15) is 7.05 Å². The summed E-state index contributed by atoms with van der Waals surface area (Å²) in [6.07, 6.45) is 0.